The van der Waals surface area contributed by atoms with Gasteiger partial charge < -0.3 is 55.9 Å². The Morgan fingerprint density at radius 2 is 1.40 bits per heavy atom. The predicted molar refractivity (Wildman–Crippen MR) is 357 cm³/mol. The molecule has 2 aliphatic heterocycles. The van der Waals surface area contributed by atoms with Crippen LogP contribution in [-0.4, -0.2) is 175 Å². The van der Waals surface area contributed by atoms with Gasteiger partial charge in [-0.2, -0.15) is 0 Å². The number of carbonyl (C=O) groups is 10. The summed E-state index contributed by atoms with van der Waals surface area (Å²) < 4.78 is 18.0. The number of hydrogen-bond donors (Lipinski definition) is 5. The van der Waals surface area contributed by atoms with Crippen LogP contribution in [0.2, 0.25) is 0 Å². The Balaban J connectivity index is 1.36. The minimum atomic E-state index is -0.943. The number of Topliss-reactive ketones (excluding diaryl/α,β-unsaturated/α-hetero) is 2. The van der Waals surface area contributed by atoms with Crippen molar-refractivity contribution in [3.63, 3.8) is 0 Å². The molecule has 92 heavy (non-hydrogen) atoms. The lowest BCUT2D eigenvalue weighted by molar-refractivity contribution is -0.148. The van der Waals surface area contributed by atoms with Gasteiger partial charge in [-0.05, 0) is 91.9 Å². The van der Waals surface area contributed by atoms with Crippen molar-refractivity contribution >= 4 is 82.0 Å². The van der Waals surface area contributed by atoms with E-state index in [2.05, 4.69) is 33.4 Å². The molecule has 9 amide bonds. The van der Waals surface area contributed by atoms with Crippen LogP contribution in [-0.2, 0) is 65.6 Å². The highest BCUT2D eigenvalue weighted by molar-refractivity contribution is 7.80. The standard InChI is InChI=1S/C69H105N9O13S/c1-14-46(8)63(56(89-12)41-60(84)77-38-22-26-53(77)64(90-13)47(9)66(92)71-36-34-48-23-17-15-18-24-48)75(10)67(86)52(43(2)3)40-55(80)62(45(6)7)76(11)69(88)91-42-49-28-30-51(31-29-49)73-65(85)50(25-21-35-72-68(70)87)39-54(79)61(44(4)5)74-57(81)27-19-16-20-37-78-58(82)32-33-59(78)83/h15,17-18,23-24,28-33,43-47,50,52-53,56,61-64H,14,16,19-22,25-27,34-42H2,1-13H3,(H,71,92)(H,73,85)(H,74,81)(H3,70,72,87)/t46-,47+,50+,52-,53-,56+,61-,62-,63-,64+/m0/s1. The van der Waals surface area contributed by atoms with Gasteiger partial charge in [0.1, 0.15) is 6.61 Å². The summed E-state index contributed by atoms with van der Waals surface area (Å²) >= 11 is 5.87. The molecule has 0 radical (unpaired) electrons. The van der Waals surface area contributed by atoms with Gasteiger partial charge in [0.2, 0.25) is 23.6 Å². The van der Waals surface area contributed by atoms with Crippen molar-refractivity contribution in [2.75, 3.05) is 59.8 Å². The minimum Gasteiger partial charge on any atom is -0.445 e. The number of imide groups is 1. The molecule has 2 heterocycles. The molecule has 4 rings (SSSR count). The Labute approximate surface area is 550 Å². The van der Waals surface area contributed by atoms with Crippen molar-refractivity contribution in [3.05, 3.63) is 77.9 Å². The predicted octanol–water partition coefficient (Wildman–Crippen LogP) is 8.18. The van der Waals surface area contributed by atoms with Crippen LogP contribution in [0.4, 0.5) is 15.3 Å². The number of methoxy groups -OCH3 is 2. The second-order valence-corrected chi connectivity index (χ2v) is 26.2. The molecule has 0 aliphatic carbocycles. The number of unbranched alkanes of at least 4 members (excludes halogenated alkanes) is 2. The second kappa shape index (κ2) is 38.8. The number of hydrogen-bond acceptors (Lipinski definition) is 14. The third-order valence-electron chi connectivity index (χ3n) is 18.0. The first-order valence-corrected chi connectivity index (χ1v) is 33.2. The van der Waals surface area contributed by atoms with E-state index in [4.69, 9.17) is 32.2 Å². The Hall–Kier alpha value is -7.11. The Kier molecular flexibility index (Phi) is 32.6. The number of amides is 9. The number of primary amides is 1. The molecule has 6 N–H and O–H groups in total. The number of likely N-dealkylation sites (N-methyl/N-ethyl adjacent to an activating group) is 2. The second-order valence-electron chi connectivity index (χ2n) is 25.7. The summed E-state index contributed by atoms with van der Waals surface area (Å²) in [6, 6.07) is 13.5. The molecule has 0 aromatic heterocycles. The molecule has 1 fully saturated rings. The van der Waals surface area contributed by atoms with E-state index < -0.39 is 54.1 Å². The number of likely N-dealkylation sites (tertiary alicyclic amines) is 1. The zero-order valence-electron chi connectivity index (χ0n) is 56.7. The van der Waals surface area contributed by atoms with Gasteiger partial charge in [-0.3, -0.25) is 43.3 Å². The SMILES string of the molecule is CC[C@H](C)[C@@H]([C@@H](CC(=O)N1CCC[C@H]1[C@H](OC)[C@@H](C)C(=S)NCCc1ccccc1)OC)N(C)C(=O)[C@@H](CC(=O)[C@H](C(C)C)N(C)C(=O)OCc1ccc(NC(=O)[C@H](CCCNC(N)=O)CC(=O)[C@@H](NC(=O)CCCCCN2C(=O)C=CC2=O)C(C)C)cc1)C(C)C. The number of rotatable bonds is 40. The maximum atomic E-state index is 14.9. The summed E-state index contributed by atoms with van der Waals surface area (Å²) in [5.74, 6) is -5.36. The molecule has 0 unspecified atom stereocenters. The van der Waals surface area contributed by atoms with Crippen LogP contribution in [0.5, 0.6) is 0 Å². The first kappa shape index (κ1) is 77.3. The average Bonchev–Trinajstić information content (AvgIpc) is 1.35. The number of nitrogens with zero attached hydrogens (tertiary/aromatic N) is 4. The van der Waals surface area contributed by atoms with Crippen LogP contribution >= 0.6 is 12.2 Å². The summed E-state index contributed by atoms with van der Waals surface area (Å²) in [5, 5.41) is 11.6. The van der Waals surface area contributed by atoms with Gasteiger partial charge in [-0.1, -0.05) is 130 Å². The number of anilines is 1. The molecule has 2 aromatic rings. The van der Waals surface area contributed by atoms with E-state index in [9.17, 15) is 47.9 Å². The van der Waals surface area contributed by atoms with E-state index in [1.807, 2.05) is 71.6 Å². The van der Waals surface area contributed by atoms with Crippen LogP contribution in [0.25, 0.3) is 0 Å². The number of benzene rings is 2. The number of carbonyl (C=O) groups excluding carboxylic acids is 10. The van der Waals surface area contributed by atoms with E-state index in [1.165, 1.54) is 29.7 Å². The van der Waals surface area contributed by atoms with Crippen molar-refractivity contribution in [2.24, 2.45) is 47.2 Å². The maximum absolute atomic E-state index is 14.9. The molecular formula is C69H105N9O13S. The molecular weight excluding hydrogens is 1190 g/mol. The van der Waals surface area contributed by atoms with Gasteiger partial charge in [-0.25, -0.2) is 9.59 Å². The zero-order valence-corrected chi connectivity index (χ0v) is 57.5. The van der Waals surface area contributed by atoms with Crippen LogP contribution in [0.15, 0.2) is 66.7 Å². The maximum Gasteiger partial charge on any atom is 0.410 e. The highest BCUT2D eigenvalue weighted by Gasteiger charge is 2.43. The summed E-state index contributed by atoms with van der Waals surface area (Å²) in [7, 11) is 6.43. The first-order valence-electron chi connectivity index (χ1n) is 32.8. The summed E-state index contributed by atoms with van der Waals surface area (Å²) in [6.45, 7) is 18.6. The topological polar surface area (TPSA) is 285 Å². The number of nitrogens with one attached hydrogen (secondary N) is 4. The number of nitrogens with two attached hydrogens (primary N) is 1. The van der Waals surface area contributed by atoms with Crippen molar-refractivity contribution in [1.29, 1.82) is 0 Å². The summed E-state index contributed by atoms with van der Waals surface area (Å²) in [6.07, 6.45) is 5.63. The molecule has 0 spiro atoms. The number of thiocarbonyl (C=S) groups is 1. The van der Waals surface area contributed by atoms with Gasteiger partial charge in [0.15, 0.2) is 11.6 Å². The third kappa shape index (κ3) is 23.5. The van der Waals surface area contributed by atoms with Crippen LogP contribution in [0.3, 0.4) is 0 Å². The monoisotopic (exact) mass is 1300 g/mol. The largest absolute Gasteiger partial charge is 0.445 e. The van der Waals surface area contributed by atoms with Crippen LogP contribution in [0, 0.1) is 41.4 Å². The quantitative estimate of drug-likeness (QED) is 0.0239. The van der Waals surface area contributed by atoms with Gasteiger partial charge in [0.25, 0.3) is 11.8 Å². The lowest BCUT2D eigenvalue weighted by atomic mass is 9.83. The fourth-order valence-electron chi connectivity index (χ4n) is 12.5. The number of ketones is 2. The molecule has 2 aliphatic rings. The van der Waals surface area contributed by atoms with E-state index in [1.54, 1.807) is 64.3 Å². The van der Waals surface area contributed by atoms with Crippen molar-refractivity contribution in [3.8, 4) is 0 Å². The lowest BCUT2D eigenvalue weighted by Crippen LogP contribution is -2.54. The van der Waals surface area contributed by atoms with Gasteiger partial charge in [0, 0.05) is 109 Å². The van der Waals surface area contributed by atoms with Crippen LogP contribution in [0.1, 0.15) is 150 Å². The average molecular weight is 1300 g/mol. The highest BCUT2D eigenvalue weighted by Crippen LogP contribution is 2.32. The summed E-state index contributed by atoms with van der Waals surface area (Å²) in [5.41, 5.74) is 7.44. The van der Waals surface area contributed by atoms with Gasteiger partial charge in [-0.15, -0.1) is 0 Å². The normalized spacial score (nSPS) is 16.9. The van der Waals surface area contributed by atoms with E-state index in [0.717, 1.165) is 24.2 Å². The molecule has 10 atom stereocenters. The molecule has 510 valence electrons. The molecule has 23 heteroatoms. The van der Waals surface area contributed by atoms with Crippen LogP contribution < -0.4 is 27.0 Å². The smallest absolute Gasteiger partial charge is 0.410 e. The molecule has 0 saturated carbocycles. The van der Waals surface area contributed by atoms with Crippen molar-refractivity contribution in [1.82, 2.24) is 35.6 Å². The van der Waals surface area contributed by atoms with Gasteiger partial charge >= 0.3 is 12.1 Å². The Bertz CT molecular complexity index is 2800. The number of urea groups is 1. The Morgan fingerprint density at radius 3 is 1.99 bits per heavy atom. The molecule has 22 nitrogen and oxygen atoms in total. The number of ether oxygens (including phenoxy) is 3. The van der Waals surface area contributed by atoms with Crippen molar-refractivity contribution < 1.29 is 62.2 Å². The van der Waals surface area contributed by atoms with E-state index >= 15 is 0 Å². The molecule has 2 aromatic carbocycles. The van der Waals surface area contributed by atoms with E-state index in [0.29, 0.717) is 61.4 Å². The third-order valence-corrected chi connectivity index (χ3v) is 18.5. The highest BCUT2D eigenvalue weighted by atomic mass is 32.1. The van der Waals surface area contributed by atoms with Gasteiger partial charge in [0.05, 0.1) is 47.8 Å². The van der Waals surface area contributed by atoms with E-state index in [-0.39, 0.29) is 135 Å². The fraction of sp³-hybridized carbons (Fsp3) is 0.638. The fourth-order valence-corrected chi connectivity index (χ4v) is 12.7. The summed E-state index contributed by atoms with van der Waals surface area (Å²) in [4.78, 5) is 140. The molecule has 1 saturated heterocycles. The minimum absolute atomic E-state index is 0.0208. The van der Waals surface area contributed by atoms with Crippen molar-refractivity contribution in [2.45, 2.75) is 189 Å². The zero-order chi connectivity index (χ0) is 68.4. The Morgan fingerprint density at radius 1 is 0.739 bits per heavy atom. The molecule has 0 bridgehead atoms. The first-order chi connectivity index (χ1) is 43.6. The lowest BCUT2D eigenvalue weighted by Gasteiger charge is -2.41.